The molecule has 3 aromatic carbocycles. The molecule has 0 aliphatic heterocycles. The summed E-state index contributed by atoms with van der Waals surface area (Å²) in [6.07, 6.45) is 0. The van der Waals surface area contributed by atoms with E-state index in [1.807, 2.05) is 18.2 Å². The van der Waals surface area contributed by atoms with E-state index in [1.165, 1.54) is 0 Å². The highest BCUT2D eigenvalue weighted by Gasteiger charge is 2.26. The summed E-state index contributed by atoms with van der Waals surface area (Å²) in [5.74, 6) is -0.00606. The third-order valence-electron chi connectivity index (χ3n) is 4.38. The van der Waals surface area contributed by atoms with Crippen LogP contribution in [0.1, 0.15) is 13.8 Å². The molecule has 28 heavy (non-hydrogen) atoms. The average molecular weight is 417 g/mol. The molecule has 0 spiro atoms. The van der Waals surface area contributed by atoms with Crippen molar-refractivity contribution in [1.82, 2.24) is 0 Å². The molecule has 0 heterocycles. The number of carbonyl (C=O) groups is 1. The molecule has 146 valence electrons. The monoisotopic (exact) mass is 416 g/mol. The predicted octanol–water partition coefficient (Wildman–Crippen LogP) is 4.84. The van der Waals surface area contributed by atoms with Crippen molar-refractivity contribution < 1.29 is 13.2 Å². The predicted molar refractivity (Wildman–Crippen MR) is 114 cm³/mol. The van der Waals surface area contributed by atoms with Gasteiger partial charge in [0.25, 0.3) is 10.0 Å². The third-order valence-corrected chi connectivity index (χ3v) is 6.49. The number of rotatable bonds is 6. The van der Waals surface area contributed by atoms with Gasteiger partial charge in [-0.3, -0.25) is 9.52 Å². The molecule has 0 unspecified atom stereocenters. The molecular weight excluding hydrogens is 396 g/mol. The Morgan fingerprint density at radius 3 is 2.21 bits per heavy atom. The largest absolute Gasteiger partial charge is 0.326 e. The van der Waals surface area contributed by atoms with Gasteiger partial charge in [0.05, 0.1) is 10.3 Å². The second-order valence-corrected chi connectivity index (χ2v) is 9.05. The lowest BCUT2D eigenvalue weighted by Gasteiger charge is -2.20. The minimum Gasteiger partial charge on any atom is -0.326 e. The maximum atomic E-state index is 12.9. The van der Waals surface area contributed by atoms with E-state index in [-0.39, 0.29) is 16.7 Å². The normalized spacial score (nSPS) is 12.0. The summed E-state index contributed by atoms with van der Waals surface area (Å²) in [4.78, 5) is 12.4. The van der Waals surface area contributed by atoms with Crippen molar-refractivity contribution in [3.63, 3.8) is 0 Å². The van der Waals surface area contributed by atoms with Crippen LogP contribution in [0.4, 0.5) is 11.4 Å². The number of hydrogen-bond donors (Lipinski definition) is 2. The van der Waals surface area contributed by atoms with Crippen molar-refractivity contribution >= 4 is 49.7 Å². The molecule has 0 bridgehead atoms. The van der Waals surface area contributed by atoms with E-state index in [1.54, 1.807) is 62.4 Å². The number of halogens is 1. The number of hydrogen-bond acceptors (Lipinski definition) is 3. The van der Waals surface area contributed by atoms with Gasteiger partial charge in [-0.1, -0.05) is 36.4 Å². The van der Waals surface area contributed by atoms with Gasteiger partial charge in [-0.05, 0) is 49.6 Å². The van der Waals surface area contributed by atoms with E-state index in [0.29, 0.717) is 16.8 Å². The Labute approximate surface area is 169 Å². The van der Waals surface area contributed by atoms with Gasteiger partial charge in [0.15, 0.2) is 0 Å². The number of fused-ring (bicyclic) bond motifs is 1. The lowest BCUT2D eigenvalue weighted by molar-refractivity contribution is -0.122. The maximum Gasteiger partial charge on any atom is 0.262 e. The quantitative estimate of drug-likeness (QED) is 0.564. The summed E-state index contributed by atoms with van der Waals surface area (Å²) < 4.78 is 28.3. The summed E-state index contributed by atoms with van der Waals surface area (Å²) in [6, 6.07) is 19.0. The van der Waals surface area contributed by atoms with Gasteiger partial charge in [-0.25, -0.2) is 8.42 Å². The van der Waals surface area contributed by atoms with Crippen molar-refractivity contribution in [3.8, 4) is 0 Å². The molecule has 2 N–H and O–H groups in total. The highest BCUT2D eigenvalue weighted by Crippen LogP contribution is 2.26. The van der Waals surface area contributed by atoms with Crippen LogP contribution in [0.5, 0.6) is 0 Å². The molecule has 0 saturated carbocycles. The molecule has 0 saturated heterocycles. The van der Waals surface area contributed by atoms with Crippen LogP contribution >= 0.6 is 11.6 Å². The Morgan fingerprint density at radius 1 is 0.929 bits per heavy atom. The summed E-state index contributed by atoms with van der Waals surface area (Å²) >= 11 is 5.81. The van der Waals surface area contributed by atoms with Gasteiger partial charge in [-0.15, -0.1) is 11.6 Å². The van der Waals surface area contributed by atoms with Crippen LogP contribution in [0.25, 0.3) is 10.8 Å². The highest BCUT2D eigenvalue weighted by atomic mass is 35.5. The van der Waals surface area contributed by atoms with Gasteiger partial charge in [0, 0.05) is 22.6 Å². The fraction of sp³-hybridized carbons (Fsp3) is 0.190. The van der Waals surface area contributed by atoms with Crippen LogP contribution in [0.15, 0.2) is 71.6 Å². The number of benzene rings is 3. The van der Waals surface area contributed by atoms with Crippen molar-refractivity contribution in [2.24, 2.45) is 5.41 Å². The molecule has 0 radical (unpaired) electrons. The summed E-state index contributed by atoms with van der Waals surface area (Å²) in [5.41, 5.74) is 0.273. The lowest BCUT2D eigenvalue weighted by atomic mass is 9.95. The van der Waals surface area contributed by atoms with Gasteiger partial charge >= 0.3 is 0 Å². The van der Waals surface area contributed by atoms with Gasteiger partial charge in [0.2, 0.25) is 5.91 Å². The third kappa shape index (κ3) is 4.29. The smallest absolute Gasteiger partial charge is 0.262 e. The minimum atomic E-state index is -3.76. The van der Waals surface area contributed by atoms with Crippen LogP contribution in [-0.2, 0) is 14.8 Å². The fourth-order valence-corrected chi connectivity index (χ4v) is 4.03. The zero-order chi connectivity index (χ0) is 20.4. The zero-order valence-electron chi connectivity index (χ0n) is 15.6. The van der Waals surface area contributed by atoms with Crippen LogP contribution < -0.4 is 10.0 Å². The lowest BCUT2D eigenvalue weighted by Crippen LogP contribution is -2.32. The van der Waals surface area contributed by atoms with Gasteiger partial charge in [0.1, 0.15) is 0 Å². The molecule has 0 fully saturated rings. The van der Waals surface area contributed by atoms with E-state index in [0.717, 1.165) is 5.39 Å². The van der Waals surface area contributed by atoms with Crippen molar-refractivity contribution in [2.75, 3.05) is 15.9 Å². The molecule has 3 rings (SSSR count). The van der Waals surface area contributed by atoms with E-state index in [9.17, 15) is 13.2 Å². The van der Waals surface area contributed by atoms with Crippen LogP contribution in [0.2, 0.25) is 0 Å². The van der Waals surface area contributed by atoms with E-state index in [4.69, 9.17) is 11.6 Å². The first-order valence-corrected chi connectivity index (χ1v) is 10.7. The standard InChI is InChI=1S/C21H21ClN2O3S/c1-21(2,14-22)20(25)23-16-10-12-17(13-11-16)24-28(26,27)19-9-5-7-15-6-3-4-8-18(15)19/h3-13,24H,14H2,1-2H3,(H,23,25). The second kappa shape index (κ2) is 7.81. The second-order valence-electron chi connectivity index (χ2n) is 7.13. The number of amides is 1. The Hall–Kier alpha value is -2.57. The number of nitrogens with one attached hydrogen (secondary N) is 2. The molecular formula is C21H21ClN2O3S. The summed E-state index contributed by atoms with van der Waals surface area (Å²) in [5, 5.41) is 4.29. The highest BCUT2D eigenvalue weighted by molar-refractivity contribution is 7.93. The molecule has 0 atom stereocenters. The number of alkyl halides is 1. The van der Waals surface area contributed by atoms with E-state index >= 15 is 0 Å². The number of anilines is 2. The molecule has 0 aliphatic carbocycles. The first kappa shape index (κ1) is 20.2. The average Bonchev–Trinajstić information content (AvgIpc) is 2.68. The number of carbonyl (C=O) groups excluding carboxylic acids is 1. The Morgan fingerprint density at radius 2 is 1.54 bits per heavy atom. The summed E-state index contributed by atoms with van der Waals surface area (Å²) in [6.45, 7) is 3.50. The van der Waals surface area contributed by atoms with Gasteiger partial charge in [-0.2, -0.15) is 0 Å². The van der Waals surface area contributed by atoms with Crippen LogP contribution in [0.3, 0.4) is 0 Å². The SMILES string of the molecule is CC(C)(CCl)C(=O)Nc1ccc(NS(=O)(=O)c2cccc3ccccc23)cc1. The Balaban J connectivity index is 1.81. The van der Waals surface area contributed by atoms with Crippen LogP contribution in [-0.4, -0.2) is 20.2 Å². The molecule has 0 aromatic heterocycles. The Bertz CT molecular complexity index is 1100. The van der Waals surface area contributed by atoms with Crippen LogP contribution in [0, 0.1) is 5.41 Å². The zero-order valence-corrected chi connectivity index (χ0v) is 17.1. The van der Waals surface area contributed by atoms with Gasteiger partial charge < -0.3 is 5.32 Å². The molecule has 5 nitrogen and oxygen atoms in total. The van der Waals surface area contributed by atoms with E-state index < -0.39 is 15.4 Å². The first-order valence-electron chi connectivity index (χ1n) is 8.71. The van der Waals surface area contributed by atoms with Crippen molar-refractivity contribution in [3.05, 3.63) is 66.7 Å². The number of sulfonamides is 1. The maximum absolute atomic E-state index is 12.9. The minimum absolute atomic E-state index is 0.196. The summed E-state index contributed by atoms with van der Waals surface area (Å²) in [7, 11) is -3.76. The molecule has 0 aliphatic rings. The van der Waals surface area contributed by atoms with Crippen molar-refractivity contribution in [2.45, 2.75) is 18.7 Å². The fourth-order valence-electron chi connectivity index (χ4n) is 2.62. The van der Waals surface area contributed by atoms with E-state index in [2.05, 4.69) is 10.0 Å². The van der Waals surface area contributed by atoms with Crippen molar-refractivity contribution in [1.29, 1.82) is 0 Å². The molecule has 7 heteroatoms. The molecule has 3 aromatic rings. The molecule has 1 amide bonds. The first-order chi connectivity index (χ1) is 13.2. The Kier molecular flexibility index (Phi) is 5.63. The topological polar surface area (TPSA) is 75.3 Å².